The second-order valence-electron chi connectivity index (χ2n) is 8.76. The summed E-state index contributed by atoms with van der Waals surface area (Å²) in [5.74, 6) is -0.704. The molecular formula is C28H28FN5OS. The number of fused-ring (bicyclic) bond motifs is 1. The zero-order chi connectivity index (χ0) is 24.9. The molecule has 0 atom stereocenters. The van der Waals surface area contributed by atoms with Crippen LogP contribution in [0.15, 0.2) is 64.4 Å². The molecule has 1 aliphatic rings. The number of nitrogens with zero attached hydrogens (tertiary/aromatic N) is 3. The topological polar surface area (TPSA) is 73.9 Å². The number of hydrogen-bond acceptors (Lipinski definition) is 5. The van der Waals surface area contributed by atoms with Gasteiger partial charge in [-0.05, 0) is 87.5 Å². The normalized spacial score (nSPS) is 14.2. The van der Waals surface area contributed by atoms with Crippen molar-refractivity contribution in [3.05, 3.63) is 83.1 Å². The third kappa shape index (κ3) is 5.50. The fourth-order valence-electron chi connectivity index (χ4n) is 4.39. The van der Waals surface area contributed by atoms with Crippen molar-refractivity contribution >= 4 is 40.7 Å². The number of benzene rings is 2. The molecule has 5 rings (SSSR count). The third-order valence-electron chi connectivity index (χ3n) is 6.16. The molecule has 1 saturated heterocycles. The van der Waals surface area contributed by atoms with E-state index in [4.69, 9.17) is 4.98 Å². The maximum atomic E-state index is 14.6. The van der Waals surface area contributed by atoms with E-state index in [2.05, 4.69) is 26.5 Å². The van der Waals surface area contributed by atoms with Crippen LogP contribution in [0.25, 0.3) is 23.1 Å². The Morgan fingerprint density at radius 2 is 1.97 bits per heavy atom. The van der Waals surface area contributed by atoms with E-state index in [1.54, 1.807) is 12.1 Å². The van der Waals surface area contributed by atoms with Crippen LogP contribution in [-0.4, -0.2) is 45.6 Å². The molecule has 3 heterocycles. The molecule has 1 amide bonds. The van der Waals surface area contributed by atoms with Gasteiger partial charge in [0.15, 0.2) is 0 Å². The van der Waals surface area contributed by atoms with Gasteiger partial charge in [-0.15, -0.1) is 0 Å². The molecule has 0 spiro atoms. The number of aromatic amines is 1. The Kier molecular flexibility index (Phi) is 7.44. The molecule has 2 aromatic carbocycles. The summed E-state index contributed by atoms with van der Waals surface area (Å²) in [6.45, 7) is 5.49. The predicted octanol–water partition coefficient (Wildman–Crippen LogP) is 5.76. The molecular weight excluding hydrogens is 473 g/mol. The summed E-state index contributed by atoms with van der Waals surface area (Å²) in [6, 6.07) is 16.5. The zero-order valence-corrected chi connectivity index (χ0v) is 20.9. The first kappa shape index (κ1) is 24.2. The summed E-state index contributed by atoms with van der Waals surface area (Å²) in [5.41, 5.74) is 3.95. The first-order valence-corrected chi connectivity index (χ1v) is 13.0. The van der Waals surface area contributed by atoms with Gasteiger partial charge in [-0.25, -0.2) is 4.39 Å². The van der Waals surface area contributed by atoms with Gasteiger partial charge in [-0.2, -0.15) is 5.10 Å². The molecule has 8 heteroatoms. The highest BCUT2D eigenvalue weighted by molar-refractivity contribution is 7.99. The molecule has 0 unspecified atom stereocenters. The Labute approximate surface area is 214 Å². The standard InChI is InChI=1S/C28H28FN5OS/c1-2-30-28(35)23-9-6-10-24(29)27(23)36-21-12-13-22-25(32-33-26(22)17-21)14-11-19-7-5-8-20(31-19)18-34-15-3-4-16-34/h5-14,17H,2-4,15-16,18H2,1H3,(H,30,35)(H,32,33)/b14-11+. The van der Waals surface area contributed by atoms with E-state index in [0.717, 1.165) is 52.5 Å². The van der Waals surface area contributed by atoms with Crippen LogP contribution in [0.4, 0.5) is 4.39 Å². The summed E-state index contributed by atoms with van der Waals surface area (Å²) in [5, 5.41) is 11.2. The van der Waals surface area contributed by atoms with E-state index in [1.165, 1.54) is 30.7 Å². The van der Waals surface area contributed by atoms with Gasteiger partial charge in [-0.1, -0.05) is 23.9 Å². The fraction of sp³-hybridized carbons (Fsp3) is 0.250. The number of likely N-dealkylation sites (tertiary alicyclic amines) is 1. The van der Waals surface area contributed by atoms with Gasteiger partial charge in [0.25, 0.3) is 5.91 Å². The highest BCUT2D eigenvalue weighted by Gasteiger charge is 2.17. The maximum Gasteiger partial charge on any atom is 0.252 e. The average molecular weight is 502 g/mol. The highest BCUT2D eigenvalue weighted by Crippen LogP contribution is 2.34. The molecule has 0 bridgehead atoms. The number of aromatic nitrogens is 3. The number of rotatable bonds is 8. The Hall–Kier alpha value is -3.49. The Bertz CT molecular complexity index is 1410. The monoisotopic (exact) mass is 501 g/mol. The summed E-state index contributed by atoms with van der Waals surface area (Å²) < 4.78 is 14.6. The summed E-state index contributed by atoms with van der Waals surface area (Å²) in [6.07, 6.45) is 6.46. The molecule has 36 heavy (non-hydrogen) atoms. The van der Waals surface area contributed by atoms with Crippen molar-refractivity contribution < 1.29 is 9.18 Å². The molecule has 1 fully saturated rings. The second-order valence-corrected chi connectivity index (χ2v) is 9.85. The minimum absolute atomic E-state index is 0.285. The number of hydrogen-bond donors (Lipinski definition) is 2. The number of pyridine rings is 1. The number of H-pyrrole nitrogens is 1. The predicted molar refractivity (Wildman–Crippen MR) is 142 cm³/mol. The maximum absolute atomic E-state index is 14.6. The van der Waals surface area contributed by atoms with Gasteiger partial charge in [0.2, 0.25) is 0 Å². The van der Waals surface area contributed by atoms with Crippen molar-refractivity contribution in [2.75, 3.05) is 19.6 Å². The van der Waals surface area contributed by atoms with Gasteiger partial charge in [0, 0.05) is 23.4 Å². The number of carbonyl (C=O) groups excluding carboxylic acids is 1. The lowest BCUT2D eigenvalue weighted by atomic mass is 10.2. The lowest BCUT2D eigenvalue weighted by Crippen LogP contribution is -2.23. The lowest BCUT2D eigenvalue weighted by Gasteiger charge is -2.13. The molecule has 4 aromatic rings. The highest BCUT2D eigenvalue weighted by atomic mass is 32.2. The van der Waals surface area contributed by atoms with Crippen LogP contribution < -0.4 is 5.32 Å². The molecule has 2 aromatic heterocycles. The van der Waals surface area contributed by atoms with Crippen LogP contribution >= 0.6 is 11.8 Å². The summed E-state index contributed by atoms with van der Waals surface area (Å²) in [7, 11) is 0. The lowest BCUT2D eigenvalue weighted by molar-refractivity contribution is 0.0952. The van der Waals surface area contributed by atoms with Crippen molar-refractivity contribution in [3.8, 4) is 0 Å². The smallest absolute Gasteiger partial charge is 0.252 e. The summed E-state index contributed by atoms with van der Waals surface area (Å²) in [4.78, 5) is 20.7. The summed E-state index contributed by atoms with van der Waals surface area (Å²) >= 11 is 1.23. The van der Waals surface area contributed by atoms with E-state index < -0.39 is 5.82 Å². The zero-order valence-electron chi connectivity index (χ0n) is 20.1. The molecule has 6 nitrogen and oxygen atoms in total. The van der Waals surface area contributed by atoms with Gasteiger partial charge < -0.3 is 5.32 Å². The van der Waals surface area contributed by atoms with Crippen LogP contribution in [0.1, 0.15) is 47.2 Å². The number of carbonyl (C=O) groups is 1. The van der Waals surface area contributed by atoms with Crippen LogP contribution in [0.2, 0.25) is 0 Å². The number of halogens is 1. The van der Waals surface area contributed by atoms with Crippen LogP contribution in [0.5, 0.6) is 0 Å². The van der Waals surface area contributed by atoms with Crippen LogP contribution in [-0.2, 0) is 6.54 Å². The fourth-order valence-corrected chi connectivity index (χ4v) is 5.37. The van der Waals surface area contributed by atoms with Gasteiger partial charge in [0.05, 0.1) is 33.1 Å². The van der Waals surface area contributed by atoms with Gasteiger partial charge >= 0.3 is 0 Å². The quantitative estimate of drug-likeness (QED) is 0.321. The largest absolute Gasteiger partial charge is 0.352 e. The van der Waals surface area contributed by atoms with Crippen molar-refractivity contribution in [3.63, 3.8) is 0 Å². The molecule has 0 aliphatic carbocycles. The second kappa shape index (κ2) is 11.1. The van der Waals surface area contributed by atoms with Gasteiger partial charge in [0.1, 0.15) is 5.82 Å². The van der Waals surface area contributed by atoms with E-state index in [1.807, 2.05) is 49.4 Å². The first-order valence-electron chi connectivity index (χ1n) is 12.2. The average Bonchev–Trinajstić information content (AvgIpc) is 3.54. The van der Waals surface area contributed by atoms with E-state index >= 15 is 0 Å². The van der Waals surface area contributed by atoms with E-state index in [9.17, 15) is 9.18 Å². The van der Waals surface area contributed by atoms with E-state index in [0.29, 0.717) is 17.0 Å². The van der Waals surface area contributed by atoms with Crippen molar-refractivity contribution in [2.45, 2.75) is 36.1 Å². The Balaban J connectivity index is 1.34. The molecule has 184 valence electrons. The minimum atomic E-state index is -0.420. The molecule has 0 radical (unpaired) electrons. The third-order valence-corrected chi connectivity index (χ3v) is 7.27. The number of amides is 1. The van der Waals surface area contributed by atoms with Crippen LogP contribution in [0, 0.1) is 5.82 Å². The van der Waals surface area contributed by atoms with Crippen molar-refractivity contribution in [2.24, 2.45) is 0 Å². The first-order chi connectivity index (χ1) is 17.6. The SMILES string of the molecule is CCNC(=O)c1cccc(F)c1Sc1ccc2c(/C=C/c3cccc(CN4CCCC4)n3)n[nH]c2c1. The minimum Gasteiger partial charge on any atom is -0.352 e. The Morgan fingerprint density at radius 1 is 1.14 bits per heavy atom. The number of nitrogens with one attached hydrogen (secondary N) is 2. The Morgan fingerprint density at radius 3 is 2.81 bits per heavy atom. The molecule has 0 saturated carbocycles. The van der Waals surface area contributed by atoms with Crippen molar-refractivity contribution in [1.82, 2.24) is 25.4 Å². The van der Waals surface area contributed by atoms with E-state index in [-0.39, 0.29) is 5.91 Å². The van der Waals surface area contributed by atoms with Crippen molar-refractivity contribution in [1.29, 1.82) is 0 Å². The molecule has 1 aliphatic heterocycles. The molecule has 2 N–H and O–H groups in total. The van der Waals surface area contributed by atoms with Gasteiger partial charge in [-0.3, -0.25) is 19.8 Å². The van der Waals surface area contributed by atoms with Crippen LogP contribution in [0.3, 0.4) is 0 Å².